The zero-order valence-corrected chi connectivity index (χ0v) is 13.0. The molecule has 0 radical (unpaired) electrons. The van der Waals surface area contributed by atoms with Crippen molar-refractivity contribution in [3.05, 3.63) is 58.9 Å². The fraction of sp³-hybridized carbons (Fsp3) is 0.188. The van der Waals surface area contributed by atoms with E-state index in [1.165, 1.54) is 23.9 Å². The number of rotatable bonds is 6. The minimum Gasteiger partial charge on any atom is -0.496 e. The fourth-order valence-corrected chi connectivity index (χ4v) is 2.86. The SMILES string of the molecule is COc1ccc(Cl)cc1CC(=O)CSc1cccc(F)c1. The van der Waals surface area contributed by atoms with E-state index in [0.717, 1.165) is 10.5 Å². The Morgan fingerprint density at radius 2 is 2.10 bits per heavy atom. The first kappa shape index (κ1) is 15.9. The van der Waals surface area contributed by atoms with Crippen LogP contribution in [0.25, 0.3) is 0 Å². The van der Waals surface area contributed by atoms with Gasteiger partial charge in [0, 0.05) is 21.9 Å². The lowest BCUT2D eigenvalue weighted by atomic mass is 10.1. The van der Waals surface area contributed by atoms with Crippen molar-refractivity contribution >= 4 is 29.1 Å². The zero-order valence-electron chi connectivity index (χ0n) is 11.4. The third kappa shape index (κ3) is 4.76. The lowest BCUT2D eigenvalue weighted by Crippen LogP contribution is -2.07. The van der Waals surface area contributed by atoms with Gasteiger partial charge in [0.25, 0.3) is 0 Å². The van der Waals surface area contributed by atoms with Crippen molar-refractivity contribution in [3.8, 4) is 5.75 Å². The third-order valence-corrected chi connectivity index (χ3v) is 4.11. The Labute approximate surface area is 132 Å². The predicted octanol–water partition coefficient (Wildman–Crippen LogP) is 4.39. The molecule has 0 fully saturated rings. The Morgan fingerprint density at radius 3 is 2.81 bits per heavy atom. The van der Waals surface area contributed by atoms with Crippen LogP contribution in [0.5, 0.6) is 5.75 Å². The topological polar surface area (TPSA) is 26.3 Å². The molecule has 0 atom stereocenters. The van der Waals surface area contributed by atoms with Crippen LogP contribution in [0.1, 0.15) is 5.56 Å². The number of halogens is 2. The second-order valence-corrected chi connectivity index (χ2v) is 5.90. The Bertz CT molecular complexity index is 646. The second kappa shape index (κ2) is 7.48. The van der Waals surface area contributed by atoms with E-state index in [-0.39, 0.29) is 23.8 Å². The molecule has 0 aliphatic rings. The van der Waals surface area contributed by atoms with E-state index in [2.05, 4.69) is 0 Å². The molecule has 0 N–H and O–H groups in total. The molecule has 5 heteroatoms. The van der Waals surface area contributed by atoms with Gasteiger partial charge in [-0.15, -0.1) is 11.8 Å². The van der Waals surface area contributed by atoms with Gasteiger partial charge < -0.3 is 4.74 Å². The Morgan fingerprint density at radius 1 is 1.29 bits per heavy atom. The van der Waals surface area contributed by atoms with Crippen molar-refractivity contribution in [3.63, 3.8) is 0 Å². The molecule has 0 bridgehead atoms. The second-order valence-electron chi connectivity index (χ2n) is 4.42. The fourth-order valence-electron chi connectivity index (χ4n) is 1.87. The molecule has 2 rings (SSSR count). The van der Waals surface area contributed by atoms with Gasteiger partial charge in [0.15, 0.2) is 0 Å². The van der Waals surface area contributed by atoms with Crippen LogP contribution >= 0.6 is 23.4 Å². The maximum Gasteiger partial charge on any atom is 0.147 e. The lowest BCUT2D eigenvalue weighted by molar-refractivity contribution is -0.116. The van der Waals surface area contributed by atoms with Crippen LogP contribution in [-0.4, -0.2) is 18.6 Å². The predicted molar refractivity (Wildman–Crippen MR) is 83.8 cm³/mol. The molecule has 2 aromatic carbocycles. The first-order chi connectivity index (χ1) is 10.1. The molecule has 0 aliphatic carbocycles. The van der Waals surface area contributed by atoms with E-state index in [4.69, 9.17) is 16.3 Å². The number of carbonyl (C=O) groups excluding carboxylic acids is 1. The highest BCUT2D eigenvalue weighted by Gasteiger charge is 2.10. The molecular formula is C16H14ClFO2S. The van der Waals surface area contributed by atoms with E-state index in [1.54, 1.807) is 37.4 Å². The Balaban J connectivity index is 1.97. The molecular weight excluding hydrogens is 311 g/mol. The molecule has 2 nitrogen and oxygen atoms in total. The molecule has 0 saturated carbocycles. The Kier molecular flexibility index (Phi) is 5.65. The van der Waals surface area contributed by atoms with Crippen molar-refractivity contribution < 1.29 is 13.9 Å². The summed E-state index contributed by atoms with van der Waals surface area (Å²) in [5.74, 6) is 0.649. The molecule has 0 aliphatic heterocycles. The van der Waals surface area contributed by atoms with Crippen molar-refractivity contribution in [2.45, 2.75) is 11.3 Å². The maximum atomic E-state index is 13.1. The van der Waals surface area contributed by atoms with Crippen LogP contribution in [0, 0.1) is 5.82 Å². The van der Waals surface area contributed by atoms with Gasteiger partial charge in [-0.25, -0.2) is 4.39 Å². The van der Waals surface area contributed by atoms with E-state index < -0.39 is 0 Å². The van der Waals surface area contributed by atoms with Gasteiger partial charge >= 0.3 is 0 Å². The molecule has 0 aromatic heterocycles. The number of thioether (sulfide) groups is 1. The summed E-state index contributed by atoms with van der Waals surface area (Å²) in [5.41, 5.74) is 0.759. The van der Waals surface area contributed by atoms with Gasteiger partial charge in [0.1, 0.15) is 17.3 Å². The van der Waals surface area contributed by atoms with Gasteiger partial charge in [-0.3, -0.25) is 4.79 Å². The summed E-state index contributed by atoms with van der Waals surface area (Å²) in [4.78, 5) is 12.8. The quantitative estimate of drug-likeness (QED) is 0.737. The van der Waals surface area contributed by atoms with Crippen LogP contribution in [-0.2, 0) is 11.2 Å². The van der Waals surface area contributed by atoms with Crippen molar-refractivity contribution in [1.29, 1.82) is 0 Å². The van der Waals surface area contributed by atoms with E-state index in [9.17, 15) is 9.18 Å². The highest BCUT2D eigenvalue weighted by molar-refractivity contribution is 8.00. The van der Waals surface area contributed by atoms with Gasteiger partial charge in [-0.05, 0) is 36.4 Å². The summed E-state index contributed by atoms with van der Waals surface area (Å²) in [6, 6.07) is 11.4. The minimum atomic E-state index is -0.302. The summed E-state index contributed by atoms with van der Waals surface area (Å²) < 4.78 is 18.3. The first-order valence-corrected chi connectivity index (χ1v) is 7.67. The molecule has 0 unspecified atom stereocenters. The van der Waals surface area contributed by atoms with Gasteiger partial charge in [0.05, 0.1) is 12.9 Å². The first-order valence-electron chi connectivity index (χ1n) is 6.31. The Hall–Kier alpha value is -1.52. The average Bonchev–Trinajstić information content (AvgIpc) is 2.45. The van der Waals surface area contributed by atoms with Crippen molar-refractivity contribution in [2.24, 2.45) is 0 Å². The maximum absolute atomic E-state index is 13.1. The number of Topliss-reactive ketones (excluding diaryl/α,β-unsaturated/α-hetero) is 1. The molecule has 0 heterocycles. The number of ketones is 1. The normalized spacial score (nSPS) is 10.4. The number of carbonyl (C=O) groups is 1. The number of methoxy groups -OCH3 is 1. The minimum absolute atomic E-state index is 0.0322. The standard InChI is InChI=1S/C16H14ClFO2S/c1-20-16-6-5-12(17)7-11(16)8-14(19)10-21-15-4-2-3-13(18)9-15/h2-7,9H,8,10H2,1H3. The molecule has 0 spiro atoms. The van der Waals surface area contributed by atoms with Gasteiger partial charge in [0.2, 0.25) is 0 Å². The van der Waals surface area contributed by atoms with Crippen LogP contribution < -0.4 is 4.74 Å². The summed E-state index contributed by atoms with van der Waals surface area (Å²) in [5, 5.41) is 0.566. The summed E-state index contributed by atoms with van der Waals surface area (Å²) in [6.07, 6.45) is 0.242. The summed E-state index contributed by atoms with van der Waals surface area (Å²) >= 11 is 7.25. The molecule has 2 aromatic rings. The van der Waals surface area contributed by atoms with Gasteiger partial charge in [-0.1, -0.05) is 17.7 Å². The number of benzene rings is 2. The van der Waals surface area contributed by atoms with Crippen LogP contribution in [0.15, 0.2) is 47.4 Å². The average molecular weight is 325 g/mol. The molecule has 0 saturated heterocycles. The van der Waals surface area contributed by atoms with Crippen LogP contribution in [0.2, 0.25) is 5.02 Å². The molecule has 110 valence electrons. The highest BCUT2D eigenvalue weighted by Crippen LogP contribution is 2.24. The molecule has 21 heavy (non-hydrogen) atoms. The summed E-state index contributed by atoms with van der Waals surface area (Å²) in [7, 11) is 1.55. The monoisotopic (exact) mass is 324 g/mol. The van der Waals surface area contributed by atoms with Crippen LogP contribution in [0.3, 0.4) is 0 Å². The lowest BCUT2D eigenvalue weighted by Gasteiger charge is -2.08. The highest BCUT2D eigenvalue weighted by atomic mass is 35.5. The summed E-state index contributed by atoms with van der Waals surface area (Å²) in [6.45, 7) is 0. The smallest absolute Gasteiger partial charge is 0.147 e. The number of hydrogen-bond donors (Lipinski definition) is 0. The van der Waals surface area contributed by atoms with Crippen LogP contribution in [0.4, 0.5) is 4.39 Å². The number of hydrogen-bond acceptors (Lipinski definition) is 3. The number of ether oxygens (including phenoxy) is 1. The van der Waals surface area contributed by atoms with E-state index >= 15 is 0 Å². The van der Waals surface area contributed by atoms with E-state index in [0.29, 0.717) is 10.8 Å². The van der Waals surface area contributed by atoms with Crippen molar-refractivity contribution in [2.75, 3.05) is 12.9 Å². The van der Waals surface area contributed by atoms with Gasteiger partial charge in [-0.2, -0.15) is 0 Å². The van der Waals surface area contributed by atoms with Crippen molar-refractivity contribution in [1.82, 2.24) is 0 Å². The molecule has 0 amide bonds. The zero-order chi connectivity index (χ0) is 15.2. The van der Waals surface area contributed by atoms with E-state index in [1.807, 2.05) is 0 Å². The largest absolute Gasteiger partial charge is 0.496 e. The third-order valence-electron chi connectivity index (χ3n) is 2.83.